The van der Waals surface area contributed by atoms with E-state index < -0.39 is 0 Å². The molecule has 1 aromatic rings. The Balaban J connectivity index is 1.85. The van der Waals surface area contributed by atoms with Crippen LogP contribution in [-0.4, -0.2) is 41.7 Å². The number of aliphatic hydroxyl groups excluding tert-OH is 1. The third kappa shape index (κ3) is 4.22. The molecule has 0 aromatic heterocycles. The Hall–Kier alpha value is -0.660. The fourth-order valence-electron chi connectivity index (χ4n) is 1.88. The number of benzene rings is 1. The highest BCUT2D eigenvalue weighted by Crippen LogP contribution is 2.26. The van der Waals surface area contributed by atoms with Gasteiger partial charge in [-0.15, -0.1) is 0 Å². The molecule has 0 radical (unpaired) electrons. The van der Waals surface area contributed by atoms with E-state index in [-0.39, 0.29) is 12.5 Å². The molecule has 0 heterocycles. The molecule has 1 amide bonds. The Morgan fingerprint density at radius 3 is 2.61 bits per heavy atom. The molecule has 98 valence electrons. The minimum Gasteiger partial charge on any atom is -0.395 e. The Kier molecular flexibility index (Phi) is 4.96. The van der Waals surface area contributed by atoms with Crippen molar-refractivity contribution in [1.82, 2.24) is 4.90 Å². The zero-order valence-electron chi connectivity index (χ0n) is 10.1. The van der Waals surface area contributed by atoms with Gasteiger partial charge in [0, 0.05) is 21.8 Å². The highest BCUT2D eigenvalue weighted by molar-refractivity contribution is 14.1. The van der Waals surface area contributed by atoms with Gasteiger partial charge in [0.25, 0.3) is 0 Å². The third-order valence-corrected chi connectivity index (χ3v) is 3.64. The second-order valence-electron chi connectivity index (χ2n) is 4.48. The molecule has 0 bridgehead atoms. The van der Waals surface area contributed by atoms with Crippen LogP contribution in [0.2, 0.25) is 0 Å². The molecule has 1 fully saturated rings. The number of carbonyl (C=O) groups is 1. The minimum atomic E-state index is -0.0171. The van der Waals surface area contributed by atoms with E-state index in [9.17, 15) is 4.79 Å². The lowest BCUT2D eigenvalue weighted by Gasteiger charge is -2.20. The maximum absolute atomic E-state index is 11.9. The first-order valence-corrected chi connectivity index (χ1v) is 7.17. The maximum Gasteiger partial charge on any atom is 0.238 e. The molecule has 2 N–H and O–H groups in total. The van der Waals surface area contributed by atoms with Gasteiger partial charge >= 0.3 is 0 Å². The first kappa shape index (κ1) is 13.8. The van der Waals surface area contributed by atoms with E-state index in [2.05, 4.69) is 27.9 Å². The number of aliphatic hydroxyl groups is 1. The van der Waals surface area contributed by atoms with Gasteiger partial charge in [-0.05, 0) is 59.7 Å². The van der Waals surface area contributed by atoms with E-state index in [0.29, 0.717) is 19.1 Å². The second-order valence-corrected chi connectivity index (χ2v) is 5.73. The molecule has 0 spiro atoms. The topological polar surface area (TPSA) is 52.6 Å². The van der Waals surface area contributed by atoms with Gasteiger partial charge in [0.15, 0.2) is 0 Å². The normalized spacial score (nSPS) is 14.8. The monoisotopic (exact) mass is 360 g/mol. The summed E-state index contributed by atoms with van der Waals surface area (Å²) < 4.78 is 1.14. The molecule has 5 heteroatoms. The van der Waals surface area contributed by atoms with Crippen LogP contribution in [0, 0.1) is 3.57 Å². The Labute approximate surface area is 121 Å². The molecule has 0 saturated heterocycles. The number of anilines is 1. The molecule has 1 aliphatic carbocycles. The highest BCUT2D eigenvalue weighted by Gasteiger charge is 2.29. The summed E-state index contributed by atoms with van der Waals surface area (Å²) in [5, 5.41) is 11.8. The Morgan fingerprint density at radius 1 is 1.39 bits per heavy atom. The van der Waals surface area contributed by atoms with Crippen molar-refractivity contribution in [2.75, 3.05) is 25.0 Å². The smallest absolute Gasteiger partial charge is 0.238 e. The van der Waals surface area contributed by atoms with Crippen LogP contribution in [0.4, 0.5) is 5.69 Å². The third-order valence-electron chi connectivity index (χ3n) is 2.93. The van der Waals surface area contributed by atoms with Crippen molar-refractivity contribution in [2.24, 2.45) is 0 Å². The van der Waals surface area contributed by atoms with Gasteiger partial charge in [-0.3, -0.25) is 9.69 Å². The van der Waals surface area contributed by atoms with Crippen LogP contribution in [0.1, 0.15) is 12.8 Å². The summed E-state index contributed by atoms with van der Waals surface area (Å²) in [5.74, 6) is -0.0171. The minimum absolute atomic E-state index is 0.0171. The van der Waals surface area contributed by atoms with Crippen molar-refractivity contribution in [3.05, 3.63) is 27.8 Å². The maximum atomic E-state index is 11.9. The van der Waals surface area contributed by atoms with Crippen LogP contribution in [-0.2, 0) is 4.79 Å². The first-order valence-electron chi connectivity index (χ1n) is 6.09. The highest BCUT2D eigenvalue weighted by atomic mass is 127. The van der Waals surface area contributed by atoms with Gasteiger partial charge in [-0.1, -0.05) is 0 Å². The van der Waals surface area contributed by atoms with Gasteiger partial charge in [-0.25, -0.2) is 0 Å². The van der Waals surface area contributed by atoms with E-state index in [1.54, 1.807) is 0 Å². The van der Waals surface area contributed by atoms with Crippen LogP contribution >= 0.6 is 22.6 Å². The van der Waals surface area contributed by atoms with E-state index >= 15 is 0 Å². The predicted molar refractivity (Wildman–Crippen MR) is 79.5 cm³/mol. The number of nitrogens with zero attached hydrogens (tertiary/aromatic N) is 1. The van der Waals surface area contributed by atoms with Crippen molar-refractivity contribution in [3.63, 3.8) is 0 Å². The number of hydrogen-bond donors (Lipinski definition) is 2. The number of nitrogens with one attached hydrogen (secondary N) is 1. The number of halogens is 1. The molecule has 1 aliphatic rings. The van der Waals surface area contributed by atoms with Crippen molar-refractivity contribution in [3.8, 4) is 0 Å². The van der Waals surface area contributed by atoms with E-state index in [0.717, 1.165) is 22.1 Å². The van der Waals surface area contributed by atoms with Crippen molar-refractivity contribution < 1.29 is 9.90 Å². The summed E-state index contributed by atoms with van der Waals surface area (Å²) in [6.07, 6.45) is 2.27. The zero-order chi connectivity index (χ0) is 13.0. The summed E-state index contributed by atoms with van der Waals surface area (Å²) in [6.45, 7) is 1.04. The van der Waals surface area contributed by atoms with Gasteiger partial charge in [0.1, 0.15) is 0 Å². The van der Waals surface area contributed by atoms with Crippen molar-refractivity contribution >= 4 is 34.2 Å². The zero-order valence-corrected chi connectivity index (χ0v) is 12.3. The Bertz CT molecular complexity index is 404. The summed E-state index contributed by atoms with van der Waals surface area (Å²) in [6, 6.07) is 8.20. The average molecular weight is 360 g/mol. The second kappa shape index (κ2) is 6.49. The average Bonchev–Trinajstić information content (AvgIpc) is 3.16. The molecule has 1 saturated carbocycles. The van der Waals surface area contributed by atoms with Crippen molar-refractivity contribution in [1.29, 1.82) is 0 Å². The van der Waals surface area contributed by atoms with E-state index in [4.69, 9.17) is 5.11 Å². The van der Waals surface area contributed by atoms with E-state index in [1.807, 2.05) is 29.2 Å². The lowest BCUT2D eigenvalue weighted by Crippen LogP contribution is -2.36. The fourth-order valence-corrected chi connectivity index (χ4v) is 2.24. The quantitative estimate of drug-likeness (QED) is 0.760. The van der Waals surface area contributed by atoms with Gasteiger partial charge in [-0.2, -0.15) is 0 Å². The van der Waals surface area contributed by atoms with Crippen LogP contribution < -0.4 is 5.32 Å². The van der Waals surface area contributed by atoms with E-state index in [1.165, 1.54) is 0 Å². The SMILES string of the molecule is O=C(CN(CCO)C1CC1)Nc1ccc(I)cc1. The standard InChI is InChI=1S/C13H17IN2O2/c14-10-1-3-11(4-2-10)15-13(18)9-16(7-8-17)12-5-6-12/h1-4,12,17H,5-9H2,(H,15,18). The van der Waals surface area contributed by atoms with Crippen LogP contribution in [0.25, 0.3) is 0 Å². The molecular weight excluding hydrogens is 343 g/mol. The molecule has 0 aliphatic heterocycles. The summed E-state index contributed by atoms with van der Waals surface area (Å²) >= 11 is 2.23. The summed E-state index contributed by atoms with van der Waals surface area (Å²) in [4.78, 5) is 13.9. The largest absolute Gasteiger partial charge is 0.395 e. The molecule has 2 rings (SSSR count). The number of rotatable bonds is 6. The summed E-state index contributed by atoms with van der Waals surface area (Å²) in [5.41, 5.74) is 0.820. The number of amides is 1. The van der Waals surface area contributed by atoms with Crippen LogP contribution in [0.15, 0.2) is 24.3 Å². The lowest BCUT2D eigenvalue weighted by atomic mass is 10.3. The van der Waals surface area contributed by atoms with Gasteiger partial charge in [0.05, 0.1) is 13.2 Å². The lowest BCUT2D eigenvalue weighted by molar-refractivity contribution is -0.117. The van der Waals surface area contributed by atoms with Gasteiger partial charge < -0.3 is 10.4 Å². The summed E-state index contributed by atoms with van der Waals surface area (Å²) in [7, 11) is 0. The molecule has 0 atom stereocenters. The molecule has 4 nitrogen and oxygen atoms in total. The molecular formula is C13H17IN2O2. The predicted octanol–water partition coefficient (Wildman–Crippen LogP) is 1.69. The molecule has 0 unspecified atom stereocenters. The molecule has 18 heavy (non-hydrogen) atoms. The number of hydrogen-bond acceptors (Lipinski definition) is 3. The van der Waals surface area contributed by atoms with Gasteiger partial charge in [0.2, 0.25) is 5.91 Å². The van der Waals surface area contributed by atoms with Crippen LogP contribution in [0.5, 0.6) is 0 Å². The van der Waals surface area contributed by atoms with Crippen molar-refractivity contribution in [2.45, 2.75) is 18.9 Å². The number of carbonyl (C=O) groups excluding carboxylic acids is 1. The van der Waals surface area contributed by atoms with Crippen LogP contribution in [0.3, 0.4) is 0 Å². The first-order chi connectivity index (χ1) is 8.69. The molecule has 1 aromatic carbocycles. The fraction of sp³-hybridized carbons (Fsp3) is 0.462. The Morgan fingerprint density at radius 2 is 2.06 bits per heavy atom.